The Balaban J connectivity index is 2.10. The van der Waals surface area contributed by atoms with Gasteiger partial charge >= 0.3 is 0 Å². The van der Waals surface area contributed by atoms with Gasteiger partial charge < -0.3 is 15.7 Å². The summed E-state index contributed by atoms with van der Waals surface area (Å²) in [5.74, 6) is 0.475. The molecular formula is C11H22N2O2. The Morgan fingerprint density at radius 2 is 2.20 bits per heavy atom. The molecule has 4 heteroatoms. The quantitative estimate of drug-likeness (QED) is 0.570. The molecule has 88 valence electrons. The Hall–Kier alpha value is -0.610. The molecule has 3 N–H and O–H groups in total. The summed E-state index contributed by atoms with van der Waals surface area (Å²) in [6, 6.07) is -0.218. The molecule has 2 unspecified atom stereocenters. The van der Waals surface area contributed by atoms with Gasteiger partial charge in [0.2, 0.25) is 5.91 Å². The van der Waals surface area contributed by atoms with Gasteiger partial charge in [-0.2, -0.15) is 0 Å². The number of rotatable bonds is 7. The van der Waals surface area contributed by atoms with E-state index in [1.54, 1.807) is 0 Å². The van der Waals surface area contributed by atoms with Crippen molar-refractivity contribution in [1.82, 2.24) is 10.6 Å². The second kappa shape index (κ2) is 6.08. The standard InChI is InChI=1S/C11H22N2O2/c1-3-6-12-11(15)8(2)13-7-10(14)9-4-5-9/h8-10,13-14H,3-7H2,1-2H3,(H,12,15). The number of hydrogen-bond donors (Lipinski definition) is 3. The van der Waals surface area contributed by atoms with E-state index < -0.39 is 0 Å². The van der Waals surface area contributed by atoms with Gasteiger partial charge in [-0.15, -0.1) is 0 Å². The number of aliphatic hydroxyl groups excluding tert-OH is 1. The first-order valence-corrected chi connectivity index (χ1v) is 5.84. The van der Waals surface area contributed by atoms with Crippen molar-refractivity contribution in [3.05, 3.63) is 0 Å². The zero-order valence-electron chi connectivity index (χ0n) is 9.62. The Bertz CT molecular complexity index is 205. The first-order valence-electron chi connectivity index (χ1n) is 5.84. The lowest BCUT2D eigenvalue weighted by molar-refractivity contribution is -0.122. The van der Waals surface area contributed by atoms with Gasteiger partial charge in [0, 0.05) is 13.1 Å². The van der Waals surface area contributed by atoms with E-state index in [0.29, 0.717) is 12.5 Å². The number of hydrogen-bond acceptors (Lipinski definition) is 3. The average molecular weight is 214 g/mol. The minimum atomic E-state index is -0.286. The number of carbonyl (C=O) groups excluding carboxylic acids is 1. The first-order chi connectivity index (χ1) is 7.15. The van der Waals surface area contributed by atoms with Gasteiger partial charge in [-0.3, -0.25) is 4.79 Å². The lowest BCUT2D eigenvalue weighted by Crippen LogP contribution is -2.45. The second-order valence-corrected chi connectivity index (χ2v) is 4.33. The van der Waals surface area contributed by atoms with Crippen molar-refractivity contribution in [2.24, 2.45) is 5.92 Å². The molecule has 0 spiro atoms. The maximum absolute atomic E-state index is 11.4. The highest BCUT2D eigenvalue weighted by Gasteiger charge is 2.29. The maximum atomic E-state index is 11.4. The van der Waals surface area contributed by atoms with E-state index in [1.165, 1.54) is 0 Å². The van der Waals surface area contributed by atoms with Crippen LogP contribution in [0.3, 0.4) is 0 Å². The molecule has 1 aliphatic carbocycles. The Labute approximate surface area is 91.4 Å². The fourth-order valence-electron chi connectivity index (χ4n) is 1.44. The highest BCUT2D eigenvalue weighted by atomic mass is 16.3. The zero-order chi connectivity index (χ0) is 11.3. The molecule has 0 saturated heterocycles. The topological polar surface area (TPSA) is 61.4 Å². The van der Waals surface area contributed by atoms with Gasteiger partial charge in [-0.05, 0) is 32.1 Å². The van der Waals surface area contributed by atoms with Crippen LogP contribution in [-0.4, -0.2) is 36.2 Å². The summed E-state index contributed by atoms with van der Waals surface area (Å²) in [5.41, 5.74) is 0. The van der Waals surface area contributed by atoms with Crippen LogP contribution < -0.4 is 10.6 Å². The third kappa shape index (κ3) is 4.62. The van der Waals surface area contributed by atoms with Crippen LogP contribution >= 0.6 is 0 Å². The number of amides is 1. The Morgan fingerprint density at radius 1 is 1.53 bits per heavy atom. The molecule has 4 nitrogen and oxygen atoms in total. The van der Waals surface area contributed by atoms with Crippen LogP contribution in [0.15, 0.2) is 0 Å². The molecule has 0 aromatic heterocycles. The summed E-state index contributed by atoms with van der Waals surface area (Å²) >= 11 is 0. The number of nitrogens with one attached hydrogen (secondary N) is 2. The average Bonchev–Trinajstić information content (AvgIpc) is 3.05. The van der Waals surface area contributed by atoms with Crippen molar-refractivity contribution in [2.45, 2.75) is 45.3 Å². The molecule has 0 bridgehead atoms. The van der Waals surface area contributed by atoms with Crippen molar-refractivity contribution in [3.63, 3.8) is 0 Å². The summed E-state index contributed by atoms with van der Waals surface area (Å²) in [7, 11) is 0. The van der Waals surface area contributed by atoms with Crippen LogP contribution in [0.4, 0.5) is 0 Å². The van der Waals surface area contributed by atoms with E-state index in [9.17, 15) is 9.90 Å². The van der Waals surface area contributed by atoms with Gasteiger partial charge in [0.1, 0.15) is 0 Å². The summed E-state index contributed by atoms with van der Waals surface area (Å²) in [6.45, 7) is 5.08. The van der Waals surface area contributed by atoms with Crippen LogP contribution in [0.1, 0.15) is 33.1 Å². The fourth-order valence-corrected chi connectivity index (χ4v) is 1.44. The highest BCUT2D eigenvalue weighted by molar-refractivity contribution is 5.81. The summed E-state index contributed by atoms with van der Waals surface area (Å²) in [6.07, 6.45) is 2.91. The predicted octanol–water partition coefficient (Wildman–Crippen LogP) is 0.262. The molecule has 0 aromatic rings. The van der Waals surface area contributed by atoms with Gasteiger partial charge in [0.05, 0.1) is 12.1 Å². The molecule has 1 fully saturated rings. The Morgan fingerprint density at radius 3 is 2.73 bits per heavy atom. The minimum absolute atomic E-state index is 0.0137. The second-order valence-electron chi connectivity index (χ2n) is 4.33. The predicted molar refractivity (Wildman–Crippen MR) is 59.5 cm³/mol. The van der Waals surface area contributed by atoms with Gasteiger partial charge in [0.15, 0.2) is 0 Å². The molecule has 1 rings (SSSR count). The normalized spacial score (nSPS) is 19.7. The zero-order valence-corrected chi connectivity index (χ0v) is 9.62. The minimum Gasteiger partial charge on any atom is -0.392 e. The monoisotopic (exact) mass is 214 g/mol. The largest absolute Gasteiger partial charge is 0.392 e. The third-order valence-corrected chi connectivity index (χ3v) is 2.74. The molecule has 1 aliphatic rings. The summed E-state index contributed by atoms with van der Waals surface area (Å²) in [5, 5.41) is 15.5. The van der Waals surface area contributed by atoms with Crippen molar-refractivity contribution < 1.29 is 9.90 Å². The van der Waals surface area contributed by atoms with Crippen LogP contribution in [0, 0.1) is 5.92 Å². The van der Waals surface area contributed by atoms with Gasteiger partial charge in [-0.1, -0.05) is 6.92 Å². The van der Waals surface area contributed by atoms with Crippen molar-refractivity contribution in [1.29, 1.82) is 0 Å². The third-order valence-electron chi connectivity index (χ3n) is 2.74. The molecule has 2 atom stereocenters. The number of carbonyl (C=O) groups is 1. The molecule has 0 aliphatic heterocycles. The van der Waals surface area contributed by atoms with Crippen LogP contribution in [-0.2, 0) is 4.79 Å². The SMILES string of the molecule is CCCNC(=O)C(C)NCC(O)C1CC1. The van der Waals surface area contributed by atoms with E-state index >= 15 is 0 Å². The van der Waals surface area contributed by atoms with Crippen LogP contribution in [0.2, 0.25) is 0 Å². The molecule has 0 heterocycles. The van der Waals surface area contributed by atoms with Crippen molar-refractivity contribution in [3.8, 4) is 0 Å². The maximum Gasteiger partial charge on any atom is 0.236 e. The summed E-state index contributed by atoms with van der Waals surface area (Å²) in [4.78, 5) is 11.4. The van der Waals surface area contributed by atoms with Crippen LogP contribution in [0.5, 0.6) is 0 Å². The lowest BCUT2D eigenvalue weighted by atomic mass is 10.2. The van der Waals surface area contributed by atoms with Gasteiger partial charge in [-0.25, -0.2) is 0 Å². The van der Waals surface area contributed by atoms with Crippen molar-refractivity contribution >= 4 is 5.91 Å². The molecule has 0 radical (unpaired) electrons. The number of aliphatic hydroxyl groups is 1. The van der Waals surface area contributed by atoms with Gasteiger partial charge in [0.25, 0.3) is 0 Å². The summed E-state index contributed by atoms with van der Waals surface area (Å²) < 4.78 is 0. The van der Waals surface area contributed by atoms with E-state index in [4.69, 9.17) is 0 Å². The smallest absolute Gasteiger partial charge is 0.236 e. The van der Waals surface area contributed by atoms with Crippen LogP contribution in [0.25, 0.3) is 0 Å². The van der Waals surface area contributed by atoms with E-state index in [-0.39, 0.29) is 18.1 Å². The van der Waals surface area contributed by atoms with E-state index in [0.717, 1.165) is 25.8 Å². The molecule has 0 aromatic carbocycles. The fraction of sp³-hybridized carbons (Fsp3) is 0.909. The lowest BCUT2D eigenvalue weighted by Gasteiger charge is -2.16. The highest BCUT2D eigenvalue weighted by Crippen LogP contribution is 2.32. The Kier molecular flexibility index (Phi) is 5.05. The molecule has 1 saturated carbocycles. The molecule has 1 amide bonds. The van der Waals surface area contributed by atoms with E-state index in [1.807, 2.05) is 13.8 Å². The molecular weight excluding hydrogens is 192 g/mol. The molecule has 15 heavy (non-hydrogen) atoms. The van der Waals surface area contributed by atoms with E-state index in [2.05, 4.69) is 10.6 Å². The first kappa shape index (κ1) is 12.5. The van der Waals surface area contributed by atoms with Crippen molar-refractivity contribution in [2.75, 3.05) is 13.1 Å².